The van der Waals surface area contributed by atoms with Crippen molar-refractivity contribution in [3.8, 4) is 16.9 Å². The molecule has 0 radical (unpaired) electrons. The Morgan fingerprint density at radius 3 is 2.19 bits per heavy atom. The molecule has 0 saturated heterocycles. The van der Waals surface area contributed by atoms with E-state index in [4.69, 9.17) is 4.74 Å². The average Bonchev–Trinajstić information content (AvgIpc) is 2.84. The fourth-order valence-corrected chi connectivity index (χ4v) is 5.13. The highest BCUT2D eigenvalue weighted by atomic mass is 32.2. The average molecular weight is 513 g/mol. The molecule has 0 fully saturated rings. The largest absolute Gasteiger partial charge is 0.478 e. The van der Waals surface area contributed by atoms with Gasteiger partial charge in [0.1, 0.15) is 11.6 Å². The minimum absolute atomic E-state index is 0.126. The Kier molecular flexibility index (Phi) is 5.71. The lowest BCUT2D eigenvalue weighted by Gasteiger charge is -2.30. The van der Waals surface area contributed by atoms with E-state index in [1.165, 1.54) is 12.1 Å². The van der Waals surface area contributed by atoms with E-state index < -0.39 is 49.9 Å². The predicted octanol–water partition coefficient (Wildman–Crippen LogP) is 5.65. The maximum Gasteiger partial charge on any atom is 0.257 e. The highest BCUT2D eigenvalue weighted by Gasteiger charge is 2.42. The van der Waals surface area contributed by atoms with Gasteiger partial charge in [-0.1, -0.05) is 30.3 Å². The number of nitrogens with zero attached hydrogens (tertiary/aromatic N) is 1. The number of fused-ring (bicyclic) bond motifs is 3. The van der Waals surface area contributed by atoms with Crippen molar-refractivity contribution in [1.29, 1.82) is 0 Å². The predicted molar refractivity (Wildman–Crippen MR) is 127 cm³/mol. The Bertz CT molecular complexity index is 1640. The maximum absolute atomic E-state index is 14.5. The first-order valence-corrected chi connectivity index (χ1v) is 12.7. The van der Waals surface area contributed by atoms with Crippen LogP contribution >= 0.6 is 0 Å². The van der Waals surface area contributed by atoms with Gasteiger partial charge in [-0.25, -0.2) is 21.6 Å². The van der Waals surface area contributed by atoms with Crippen molar-refractivity contribution in [3.63, 3.8) is 0 Å². The van der Waals surface area contributed by atoms with E-state index >= 15 is 0 Å². The minimum Gasteiger partial charge on any atom is -0.478 e. The van der Waals surface area contributed by atoms with Crippen LogP contribution in [0.25, 0.3) is 21.9 Å². The number of sulfone groups is 1. The molecular weight excluding hydrogens is 495 g/mol. The van der Waals surface area contributed by atoms with E-state index in [0.29, 0.717) is 23.1 Å². The van der Waals surface area contributed by atoms with Crippen LogP contribution in [0, 0.1) is 27.6 Å². The topological polar surface area (TPSA) is 86.5 Å². The number of ether oxygens (including phenoxy) is 1. The second kappa shape index (κ2) is 8.63. The summed E-state index contributed by atoms with van der Waals surface area (Å²) in [4.78, 5) is 11.5. The summed E-state index contributed by atoms with van der Waals surface area (Å²) in [5, 5.41) is 13.4. The lowest BCUT2D eigenvalue weighted by molar-refractivity contribution is -0.535. The first-order valence-electron chi connectivity index (χ1n) is 10.8. The molecule has 1 aliphatic heterocycles. The third-order valence-electron chi connectivity index (χ3n) is 6.34. The molecular formula is C26H18F3NO5S. The van der Waals surface area contributed by atoms with Crippen molar-refractivity contribution in [3.05, 3.63) is 105 Å². The normalized spacial score (nSPS) is 17.4. The summed E-state index contributed by atoms with van der Waals surface area (Å²) in [6.45, 7) is 0. The summed E-state index contributed by atoms with van der Waals surface area (Å²) < 4.78 is 71.1. The van der Waals surface area contributed by atoms with Gasteiger partial charge in [0.15, 0.2) is 27.6 Å². The molecule has 2 unspecified atom stereocenters. The van der Waals surface area contributed by atoms with Crippen LogP contribution in [0.15, 0.2) is 71.6 Å². The van der Waals surface area contributed by atoms with Gasteiger partial charge < -0.3 is 4.74 Å². The first-order chi connectivity index (χ1) is 17.0. The van der Waals surface area contributed by atoms with Crippen molar-refractivity contribution in [2.75, 3.05) is 6.26 Å². The van der Waals surface area contributed by atoms with Gasteiger partial charge in [0, 0.05) is 34.8 Å². The molecule has 4 aromatic carbocycles. The standard InChI is InChI=1S/C26H18F3NO5S/c1-36(33,34)17-7-4-14(5-8-17)16-3-2-15-6-9-25-19(18(15)10-16)12-24(30(31)32)26(35-25)20-11-22(28)23(29)13-21(20)27/h2-11,13,24,26H,12H2,1H3. The van der Waals surface area contributed by atoms with Gasteiger partial charge in [0.25, 0.3) is 6.04 Å². The number of nitro groups is 1. The molecule has 0 saturated carbocycles. The van der Waals surface area contributed by atoms with Crippen molar-refractivity contribution in [2.45, 2.75) is 23.5 Å². The summed E-state index contributed by atoms with van der Waals surface area (Å²) in [7, 11) is -3.35. The zero-order chi connectivity index (χ0) is 25.8. The molecule has 0 spiro atoms. The summed E-state index contributed by atoms with van der Waals surface area (Å²) in [5.41, 5.74) is 1.60. The summed E-state index contributed by atoms with van der Waals surface area (Å²) in [5.74, 6) is -3.57. The fraction of sp³-hybridized carbons (Fsp3) is 0.154. The van der Waals surface area contributed by atoms with Gasteiger partial charge in [0.05, 0.1) is 4.90 Å². The van der Waals surface area contributed by atoms with Gasteiger partial charge in [-0.3, -0.25) is 10.1 Å². The molecule has 0 amide bonds. The van der Waals surface area contributed by atoms with Gasteiger partial charge >= 0.3 is 0 Å². The molecule has 0 aromatic heterocycles. The quantitative estimate of drug-likeness (QED) is 0.200. The van der Waals surface area contributed by atoms with Crippen LogP contribution in [0.2, 0.25) is 0 Å². The molecule has 4 aromatic rings. The van der Waals surface area contributed by atoms with Gasteiger partial charge in [-0.05, 0) is 52.2 Å². The Morgan fingerprint density at radius 2 is 1.53 bits per heavy atom. The van der Waals surface area contributed by atoms with Crippen molar-refractivity contribution >= 4 is 20.6 Å². The summed E-state index contributed by atoms with van der Waals surface area (Å²) in [6.07, 6.45) is -0.457. The Hall–Kier alpha value is -3.92. The second-order valence-electron chi connectivity index (χ2n) is 8.66. The monoisotopic (exact) mass is 513 g/mol. The molecule has 0 N–H and O–H groups in total. The van der Waals surface area contributed by atoms with E-state index in [1.807, 2.05) is 18.2 Å². The van der Waals surface area contributed by atoms with E-state index in [2.05, 4.69) is 0 Å². The van der Waals surface area contributed by atoms with Crippen LogP contribution in [-0.2, 0) is 16.3 Å². The van der Waals surface area contributed by atoms with Crippen LogP contribution < -0.4 is 4.74 Å². The zero-order valence-electron chi connectivity index (χ0n) is 18.7. The molecule has 36 heavy (non-hydrogen) atoms. The molecule has 10 heteroatoms. The smallest absolute Gasteiger partial charge is 0.257 e. The SMILES string of the molecule is CS(=O)(=O)c1ccc(-c2ccc3ccc4c(c3c2)CC([N+](=O)[O-])C(c2cc(F)c(F)cc2F)O4)cc1. The van der Waals surface area contributed by atoms with Gasteiger partial charge in [0.2, 0.25) is 0 Å². The minimum atomic E-state index is -3.35. The lowest BCUT2D eigenvalue weighted by Crippen LogP contribution is -2.37. The van der Waals surface area contributed by atoms with Crippen LogP contribution in [0.5, 0.6) is 5.75 Å². The van der Waals surface area contributed by atoms with Crippen molar-refractivity contribution < 1.29 is 31.2 Å². The molecule has 1 heterocycles. The number of rotatable bonds is 4. The van der Waals surface area contributed by atoms with Crippen molar-refractivity contribution in [1.82, 2.24) is 0 Å². The van der Waals surface area contributed by atoms with E-state index in [0.717, 1.165) is 22.8 Å². The first kappa shape index (κ1) is 23.8. The molecule has 0 bridgehead atoms. The summed E-state index contributed by atoms with van der Waals surface area (Å²) >= 11 is 0. The van der Waals surface area contributed by atoms with Crippen LogP contribution in [0.1, 0.15) is 17.2 Å². The maximum atomic E-state index is 14.5. The van der Waals surface area contributed by atoms with Crippen LogP contribution in [0.3, 0.4) is 0 Å². The third kappa shape index (κ3) is 4.17. The highest BCUT2D eigenvalue weighted by Crippen LogP contribution is 2.41. The van der Waals surface area contributed by atoms with Gasteiger partial charge in [-0.15, -0.1) is 0 Å². The van der Waals surface area contributed by atoms with Crippen LogP contribution in [0.4, 0.5) is 13.2 Å². The number of hydrogen-bond acceptors (Lipinski definition) is 5. The Labute approximate surface area is 204 Å². The van der Waals surface area contributed by atoms with Crippen molar-refractivity contribution in [2.24, 2.45) is 0 Å². The second-order valence-corrected chi connectivity index (χ2v) is 10.7. The molecule has 6 nitrogen and oxygen atoms in total. The van der Waals surface area contributed by atoms with E-state index in [-0.39, 0.29) is 17.1 Å². The molecule has 2 atom stereocenters. The number of hydrogen-bond donors (Lipinski definition) is 0. The molecule has 1 aliphatic rings. The Balaban J connectivity index is 1.60. The molecule has 184 valence electrons. The van der Waals surface area contributed by atoms with E-state index in [9.17, 15) is 31.7 Å². The van der Waals surface area contributed by atoms with Gasteiger partial charge in [-0.2, -0.15) is 0 Å². The van der Waals surface area contributed by atoms with Crippen LogP contribution in [-0.4, -0.2) is 25.6 Å². The fourth-order valence-electron chi connectivity index (χ4n) is 4.50. The molecule has 0 aliphatic carbocycles. The number of benzene rings is 4. The lowest BCUT2D eigenvalue weighted by atomic mass is 9.89. The summed E-state index contributed by atoms with van der Waals surface area (Å²) in [6, 6.07) is 14.7. The zero-order valence-corrected chi connectivity index (χ0v) is 19.6. The Morgan fingerprint density at radius 1 is 0.889 bits per heavy atom. The number of halogens is 3. The van der Waals surface area contributed by atoms with E-state index in [1.54, 1.807) is 24.3 Å². The molecule has 5 rings (SSSR count). The third-order valence-corrected chi connectivity index (χ3v) is 7.47. The highest BCUT2D eigenvalue weighted by molar-refractivity contribution is 7.90.